The summed E-state index contributed by atoms with van der Waals surface area (Å²) < 4.78 is 11.1. The fourth-order valence-corrected chi connectivity index (χ4v) is 7.23. The lowest BCUT2D eigenvalue weighted by molar-refractivity contribution is 0.673. The van der Waals surface area contributed by atoms with E-state index in [1.165, 1.54) is 32.9 Å². The van der Waals surface area contributed by atoms with Crippen molar-refractivity contribution >= 4 is 54.8 Å². The molecule has 0 aliphatic rings. The van der Waals surface area contributed by atoms with Crippen LogP contribution in [-0.2, 0) is 0 Å². The Morgan fingerprint density at radius 2 is 1.02 bits per heavy atom. The number of benzene rings is 6. The third-order valence-electron chi connectivity index (χ3n) is 9.40. The summed E-state index contributed by atoms with van der Waals surface area (Å²) >= 11 is 0. The molecule has 0 N–H and O–H groups in total. The number of rotatable bonds is 4. The molecule has 4 heterocycles. The summed E-state index contributed by atoms with van der Waals surface area (Å²) in [5, 5.41) is 4.72. The van der Waals surface area contributed by atoms with Crippen LogP contribution in [-0.4, -0.2) is 14.1 Å². The Balaban J connectivity index is 1.10. The molecule has 10 aromatic rings. The van der Waals surface area contributed by atoms with Crippen LogP contribution >= 0.6 is 0 Å². The van der Waals surface area contributed by atoms with Crippen LogP contribution in [0, 0.1) is 0 Å². The van der Waals surface area contributed by atoms with Crippen molar-refractivity contribution in [3.63, 3.8) is 0 Å². The molecule has 6 aromatic carbocycles. The van der Waals surface area contributed by atoms with Gasteiger partial charge in [-0.05, 0) is 83.9 Å². The Labute approximate surface area is 270 Å². The minimum atomic E-state index is 0.906. The van der Waals surface area contributed by atoms with Gasteiger partial charge in [0.1, 0.15) is 11.1 Å². The van der Waals surface area contributed by atoms with Gasteiger partial charge in [0, 0.05) is 44.7 Å². The summed E-state index contributed by atoms with van der Waals surface area (Å²) in [5.74, 6) is 0. The number of fused-ring (bicyclic) bond motifs is 8. The van der Waals surface area contributed by atoms with Gasteiger partial charge in [0.2, 0.25) is 0 Å². The second kappa shape index (κ2) is 10.1. The SMILES string of the molecule is c1ccc(-c2ccc(-n3c4ccccc4c4ccc(-c5ccc(-n6c7ccccc7c7oc8ccccc8c76)cc5)cc43)cc2)nc1. The fourth-order valence-electron chi connectivity index (χ4n) is 7.23. The molecular formula is C43H27N3O. The van der Waals surface area contributed by atoms with E-state index in [-0.39, 0.29) is 0 Å². The van der Waals surface area contributed by atoms with Gasteiger partial charge in [0.25, 0.3) is 0 Å². The van der Waals surface area contributed by atoms with Crippen LogP contribution < -0.4 is 0 Å². The van der Waals surface area contributed by atoms with E-state index in [0.717, 1.165) is 55.6 Å². The first kappa shape index (κ1) is 25.9. The van der Waals surface area contributed by atoms with Crippen molar-refractivity contribution in [2.24, 2.45) is 0 Å². The molecule has 0 saturated carbocycles. The van der Waals surface area contributed by atoms with Crippen LogP contribution in [0.4, 0.5) is 0 Å². The zero-order valence-electron chi connectivity index (χ0n) is 25.3. The highest BCUT2D eigenvalue weighted by Crippen LogP contribution is 2.40. The van der Waals surface area contributed by atoms with Gasteiger partial charge < -0.3 is 13.6 Å². The van der Waals surface area contributed by atoms with Gasteiger partial charge in [-0.25, -0.2) is 0 Å². The summed E-state index contributed by atoms with van der Waals surface area (Å²) in [4.78, 5) is 4.54. The lowest BCUT2D eigenvalue weighted by atomic mass is 10.0. The quantitative estimate of drug-likeness (QED) is 0.201. The maximum atomic E-state index is 6.38. The molecule has 0 unspecified atom stereocenters. The molecular weight excluding hydrogens is 574 g/mol. The maximum absolute atomic E-state index is 6.38. The van der Waals surface area contributed by atoms with E-state index >= 15 is 0 Å². The first-order valence-electron chi connectivity index (χ1n) is 15.9. The van der Waals surface area contributed by atoms with Gasteiger partial charge in [0.15, 0.2) is 5.58 Å². The van der Waals surface area contributed by atoms with Gasteiger partial charge in [-0.1, -0.05) is 84.9 Å². The van der Waals surface area contributed by atoms with E-state index < -0.39 is 0 Å². The Bertz CT molecular complexity index is 2760. The lowest BCUT2D eigenvalue weighted by Gasteiger charge is -2.11. The van der Waals surface area contributed by atoms with E-state index in [1.807, 2.05) is 36.5 Å². The molecule has 0 radical (unpaired) electrons. The molecule has 0 saturated heterocycles. The topological polar surface area (TPSA) is 35.9 Å². The summed E-state index contributed by atoms with van der Waals surface area (Å²) in [6.45, 7) is 0. The number of hydrogen-bond acceptors (Lipinski definition) is 2. The van der Waals surface area contributed by atoms with E-state index in [2.05, 4.69) is 142 Å². The molecule has 0 amide bonds. The normalized spacial score (nSPS) is 11.8. The number of aromatic nitrogens is 3. The van der Waals surface area contributed by atoms with Gasteiger partial charge in [-0.2, -0.15) is 0 Å². The lowest BCUT2D eigenvalue weighted by Crippen LogP contribution is -1.95. The maximum Gasteiger partial charge on any atom is 0.161 e. The van der Waals surface area contributed by atoms with Crippen LogP contribution in [0.15, 0.2) is 168 Å². The standard InChI is InChI=1S/C43H27N3O/c1-4-13-38-33(9-1)34-25-20-30(27-40(34)45(38)31-23-18-29(19-24-31)37-12-7-8-26-44-37)28-16-21-32(22-17-28)46-39-14-5-2-10-35(39)43-42(46)36-11-3-6-15-41(36)47-43/h1-27H. The van der Waals surface area contributed by atoms with Crippen molar-refractivity contribution in [3.05, 3.63) is 164 Å². The van der Waals surface area contributed by atoms with Gasteiger partial charge in [0.05, 0.1) is 22.2 Å². The van der Waals surface area contributed by atoms with E-state index in [0.29, 0.717) is 0 Å². The van der Waals surface area contributed by atoms with Crippen molar-refractivity contribution in [2.45, 2.75) is 0 Å². The number of para-hydroxylation sites is 3. The summed E-state index contributed by atoms with van der Waals surface area (Å²) in [6.07, 6.45) is 1.84. The second-order valence-electron chi connectivity index (χ2n) is 12.0. The van der Waals surface area contributed by atoms with E-state index in [9.17, 15) is 0 Å². The summed E-state index contributed by atoms with van der Waals surface area (Å²) in [7, 11) is 0. The van der Waals surface area contributed by atoms with Crippen molar-refractivity contribution < 1.29 is 4.42 Å². The average molecular weight is 602 g/mol. The largest absolute Gasteiger partial charge is 0.454 e. The van der Waals surface area contributed by atoms with Crippen LogP contribution in [0.1, 0.15) is 0 Å². The number of pyridine rings is 1. The van der Waals surface area contributed by atoms with Gasteiger partial charge in [-0.3, -0.25) is 4.98 Å². The Morgan fingerprint density at radius 3 is 1.79 bits per heavy atom. The highest BCUT2D eigenvalue weighted by molar-refractivity contribution is 6.16. The second-order valence-corrected chi connectivity index (χ2v) is 12.0. The van der Waals surface area contributed by atoms with Crippen LogP contribution in [0.5, 0.6) is 0 Å². The molecule has 47 heavy (non-hydrogen) atoms. The molecule has 0 aliphatic heterocycles. The zero-order chi connectivity index (χ0) is 30.9. The molecule has 220 valence electrons. The fraction of sp³-hybridized carbons (Fsp3) is 0. The minimum Gasteiger partial charge on any atom is -0.454 e. The van der Waals surface area contributed by atoms with Crippen molar-refractivity contribution in [3.8, 4) is 33.8 Å². The van der Waals surface area contributed by atoms with Crippen molar-refractivity contribution in [1.82, 2.24) is 14.1 Å². The van der Waals surface area contributed by atoms with Gasteiger partial charge >= 0.3 is 0 Å². The molecule has 0 atom stereocenters. The van der Waals surface area contributed by atoms with Gasteiger partial charge in [-0.15, -0.1) is 0 Å². The first-order valence-corrected chi connectivity index (χ1v) is 15.9. The Kier molecular flexibility index (Phi) is 5.54. The van der Waals surface area contributed by atoms with Crippen LogP contribution in [0.3, 0.4) is 0 Å². The molecule has 4 nitrogen and oxygen atoms in total. The third kappa shape index (κ3) is 3.92. The molecule has 0 aliphatic carbocycles. The Morgan fingerprint density at radius 1 is 0.426 bits per heavy atom. The molecule has 10 rings (SSSR count). The third-order valence-corrected chi connectivity index (χ3v) is 9.40. The molecule has 0 bridgehead atoms. The Hall–Kier alpha value is -6.39. The zero-order valence-corrected chi connectivity index (χ0v) is 25.3. The molecule has 4 heteroatoms. The van der Waals surface area contributed by atoms with Crippen LogP contribution in [0.25, 0.3) is 88.5 Å². The molecule has 0 spiro atoms. The number of nitrogens with zero attached hydrogens (tertiary/aromatic N) is 3. The predicted molar refractivity (Wildman–Crippen MR) is 194 cm³/mol. The van der Waals surface area contributed by atoms with Crippen molar-refractivity contribution in [1.29, 1.82) is 0 Å². The van der Waals surface area contributed by atoms with E-state index in [4.69, 9.17) is 4.42 Å². The van der Waals surface area contributed by atoms with Crippen molar-refractivity contribution in [2.75, 3.05) is 0 Å². The highest BCUT2D eigenvalue weighted by Gasteiger charge is 2.19. The highest BCUT2D eigenvalue weighted by atomic mass is 16.3. The molecule has 0 fully saturated rings. The average Bonchev–Trinajstić information content (AvgIpc) is 3.79. The number of furan rings is 1. The number of hydrogen-bond donors (Lipinski definition) is 0. The smallest absolute Gasteiger partial charge is 0.161 e. The van der Waals surface area contributed by atoms with E-state index in [1.54, 1.807) is 0 Å². The summed E-state index contributed by atoms with van der Waals surface area (Å²) in [5.41, 5.74) is 13.1. The van der Waals surface area contributed by atoms with Crippen LogP contribution in [0.2, 0.25) is 0 Å². The minimum absolute atomic E-state index is 0.906. The molecule has 4 aromatic heterocycles. The summed E-state index contributed by atoms with van der Waals surface area (Å²) in [6, 6.07) is 55.9. The first-order chi connectivity index (χ1) is 23.3. The predicted octanol–water partition coefficient (Wildman–Crippen LogP) is 11.4. The monoisotopic (exact) mass is 601 g/mol.